The second-order valence-electron chi connectivity index (χ2n) is 6.22. The van der Waals surface area contributed by atoms with Gasteiger partial charge in [0.25, 0.3) is 0 Å². The van der Waals surface area contributed by atoms with Crippen molar-refractivity contribution in [1.29, 1.82) is 0 Å². The average Bonchev–Trinajstić information content (AvgIpc) is 2.69. The lowest BCUT2D eigenvalue weighted by Crippen LogP contribution is -2.60. The first-order valence-electron chi connectivity index (χ1n) is 7.23. The Morgan fingerprint density at radius 1 is 1.17 bits per heavy atom. The van der Waals surface area contributed by atoms with Crippen molar-refractivity contribution in [2.24, 2.45) is 5.41 Å². The molecule has 4 nitrogen and oxygen atoms in total. The lowest BCUT2D eigenvalue weighted by atomic mass is 9.67. The van der Waals surface area contributed by atoms with E-state index in [1.54, 1.807) is 0 Å². The number of rotatable bonds is 5. The van der Waals surface area contributed by atoms with Crippen molar-refractivity contribution in [3.05, 3.63) is 0 Å². The summed E-state index contributed by atoms with van der Waals surface area (Å²) >= 11 is 0. The molecule has 1 atom stereocenters. The molecule has 0 aromatic rings. The van der Waals surface area contributed by atoms with E-state index in [2.05, 4.69) is 24.3 Å². The van der Waals surface area contributed by atoms with Gasteiger partial charge in [0.15, 0.2) is 0 Å². The minimum absolute atomic E-state index is 0.0627. The van der Waals surface area contributed by atoms with Gasteiger partial charge in [-0.25, -0.2) is 0 Å². The Bertz CT molecular complexity index is 265. The number of ether oxygens (including phenoxy) is 1. The van der Waals surface area contributed by atoms with Crippen LogP contribution in [0.5, 0.6) is 0 Å². The van der Waals surface area contributed by atoms with Crippen LogP contribution >= 0.6 is 0 Å². The number of hydrogen-bond donors (Lipinski definition) is 2. The molecule has 2 N–H and O–H groups in total. The molecule has 0 aromatic carbocycles. The summed E-state index contributed by atoms with van der Waals surface area (Å²) in [7, 11) is 4.18. The van der Waals surface area contributed by atoms with E-state index in [1.807, 2.05) is 0 Å². The Morgan fingerprint density at radius 2 is 1.89 bits per heavy atom. The van der Waals surface area contributed by atoms with E-state index in [0.717, 1.165) is 45.6 Å². The van der Waals surface area contributed by atoms with E-state index in [1.165, 1.54) is 12.8 Å². The normalized spacial score (nSPS) is 31.3. The molecule has 1 unspecified atom stereocenters. The van der Waals surface area contributed by atoms with Gasteiger partial charge in [-0.2, -0.15) is 0 Å². The molecule has 1 spiro atoms. The fourth-order valence-electron chi connectivity index (χ4n) is 3.82. The zero-order valence-corrected chi connectivity index (χ0v) is 11.9. The summed E-state index contributed by atoms with van der Waals surface area (Å²) in [4.78, 5) is 2.18. The lowest BCUT2D eigenvalue weighted by Gasteiger charge is -2.48. The highest BCUT2D eigenvalue weighted by Gasteiger charge is 2.54. The maximum Gasteiger partial charge on any atom is 0.0618 e. The molecule has 1 saturated heterocycles. The lowest BCUT2D eigenvalue weighted by molar-refractivity contribution is -0.0456. The minimum Gasteiger partial charge on any atom is -0.394 e. The average molecular weight is 256 g/mol. The molecule has 4 heteroatoms. The predicted octanol–water partition coefficient (Wildman–Crippen LogP) is 0.849. The van der Waals surface area contributed by atoms with Crippen LogP contribution in [0.2, 0.25) is 0 Å². The van der Waals surface area contributed by atoms with Crippen LogP contribution in [0, 0.1) is 5.41 Å². The van der Waals surface area contributed by atoms with E-state index in [-0.39, 0.29) is 17.6 Å². The molecular formula is C14H28N2O2. The molecule has 2 aliphatic rings. The first-order valence-corrected chi connectivity index (χ1v) is 7.23. The third-order valence-electron chi connectivity index (χ3n) is 5.02. The Labute approximate surface area is 111 Å². The van der Waals surface area contributed by atoms with Gasteiger partial charge in [-0.3, -0.25) is 0 Å². The standard InChI is InChI=1S/C14H28N2O2/c1-16(2)9-8-15-14(12-17)5-3-4-13(14)6-10-18-11-7-13/h15,17H,3-12H2,1-2H3. The Kier molecular flexibility index (Phi) is 4.64. The van der Waals surface area contributed by atoms with Gasteiger partial charge in [0.2, 0.25) is 0 Å². The Hall–Kier alpha value is -0.160. The van der Waals surface area contributed by atoms with Crippen LogP contribution < -0.4 is 5.32 Å². The minimum atomic E-state index is -0.0627. The summed E-state index contributed by atoms with van der Waals surface area (Å²) in [5, 5.41) is 13.7. The predicted molar refractivity (Wildman–Crippen MR) is 72.7 cm³/mol. The third-order valence-corrected chi connectivity index (χ3v) is 5.02. The molecule has 106 valence electrons. The topological polar surface area (TPSA) is 44.7 Å². The third kappa shape index (κ3) is 2.57. The van der Waals surface area contributed by atoms with Crippen molar-refractivity contribution in [1.82, 2.24) is 10.2 Å². The van der Waals surface area contributed by atoms with Gasteiger partial charge in [0.1, 0.15) is 0 Å². The SMILES string of the molecule is CN(C)CCNC1(CO)CCCC12CCOCC2. The molecule has 0 bridgehead atoms. The molecule has 0 amide bonds. The summed E-state index contributed by atoms with van der Waals surface area (Å²) in [6.07, 6.45) is 5.78. The molecule has 1 heterocycles. The fourth-order valence-corrected chi connectivity index (χ4v) is 3.82. The van der Waals surface area contributed by atoms with Crippen molar-refractivity contribution in [2.45, 2.75) is 37.6 Å². The number of aliphatic hydroxyl groups is 1. The van der Waals surface area contributed by atoms with Gasteiger partial charge in [0, 0.05) is 31.8 Å². The van der Waals surface area contributed by atoms with E-state index in [9.17, 15) is 5.11 Å². The van der Waals surface area contributed by atoms with Crippen molar-refractivity contribution >= 4 is 0 Å². The molecular weight excluding hydrogens is 228 g/mol. The summed E-state index contributed by atoms with van der Waals surface area (Å²) in [5.41, 5.74) is 0.207. The second kappa shape index (κ2) is 5.87. The van der Waals surface area contributed by atoms with Crippen LogP contribution in [0.4, 0.5) is 0 Å². The Morgan fingerprint density at radius 3 is 2.50 bits per heavy atom. The molecule has 1 aliphatic heterocycles. The molecule has 0 aromatic heterocycles. The summed E-state index contributed by atoms with van der Waals surface area (Å²) in [5.74, 6) is 0. The first kappa shape index (κ1) is 14.3. The van der Waals surface area contributed by atoms with Gasteiger partial charge >= 0.3 is 0 Å². The maximum absolute atomic E-state index is 9.98. The van der Waals surface area contributed by atoms with Crippen LogP contribution in [-0.4, -0.2) is 62.6 Å². The number of hydrogen-bond acceptors (Lipinski definition) is 4. The highest BCUT2D eigenvalue weighted by atomic mass is 16.5. The van der Waals surface area contributed by atoms with Gasteiger partial charge in [-0.05, 0) is 45.2 Å². The van der Waals surface area contributed by atoms with E-state index >= 15 is 0 Å². The number of nitrogens with zero attached hydrogens (tertiary/aromatic N) is 1. The zero-order valence-electron chi connectivity index (χ0n) is 11.9. The molecule has 1 aliphatic carbocycles. The van der Waals surface area contributed by atoms with Crippen LogP contribution in [0.15, 0.2) is 0 Å². The van der Waals surface area contributed by atoms with Crippen molar-refractivity contribution in [2.75, 3.05) is 47.0 Å². The molecule has 2 rings (SSSR count). The van der Waals surface area contributed by atoms with Crippen molar-refractivity contribution in [3.63, 3.8) is 0 Å². The van der Waals surface area contributed by atoms with Gasteiger partial charge in [-0.15, -0.1) is 0 Å². The molecule has 1 saturated carbocycles. The second-order valence-corrected chi connectivity index (χ2v) is 6.22. The van der Waals surface area contributed by atoms with Crippen LogP contribution in [-0.2, 0) is 4.74 Å². The number of likely N-dealkylation sites (N-methyl/N-ethyl adjacent to an activating group) is 1. The molecule has 18 heavy (non-hydrogen) atoms. The van der Waals surface area contributed by atoms with Gasteiger partial charge in [-0.1, -0.05) is 6.42 Å². The Balaban J connectivity index is 2.03. The first-order chi connectivity index (χ1) is 8.64. The summed E-state index contributed by atoms with van der Waals surface area (Å²) in [6, 6.07) is 0. The van der Waals surface area contributed by atoms with Crippen LogP contribution in [0.3, 0.4) is 0 Å². The number of nitrogens with one attached hydrogen (secondary N) is 1. The van der Waals surface area contributed by atoms with E-state index < -0.39 is 0 Å². The molecule has 0 radical (unpaired) electrons. The van der Waals surface area contributed by atoms with Crippen LogP contribution in [0.25, 0.3) is 0 Å². The van der Waals surface area contributed by atoms with E-state index in [0.29, 0.717) is 0 Å². The molecule has 2 fully saturated rings. The highest BCUT2D eigenvalue weighted by molar-refractivity contribution is 5.09. The number of aliphatic hydroxyl groups excluding tert-OH is 1. The summed E-state index contributed by atoms with van der Waals surface area (Å²) in [6.45, 7) is 3.96. The van der Waals surface area contributed by atoms with Crippen molar-refractivity contribution in [3.8, 4) is 0 Å². The summed E-state index contributed by atoms with van der Waals surface area (Å²) < 4.78 is 5.52. The van der Waals surface area contributed by atoms with E-state index in [4.69, 9.17) is 4.74 Å². The zero-order chi connectivity index (χ0) is 13.1. The van der Waals surface area contributed by atoms with Crippen molar-refractivity contribution < 1.29 is 9.84 Å². The smallest absolute Gasteiger partial charge is 0.0618 e. The largest absolute Gasteiger partial charge is 0.394 e. The quantitative estimate of drug-likeness (QED) is 0.765. The fraction of sp³-hybridized carbons (Fsp3) is 1.00. The highest BCUT2D eigenvalue weighted by Crippen LogP contribution is 2.52. The van der Waals surface area contributed by atoms with Gasteiger partial charge in [0.05, 0.1) is 6.61 Å². The monoisotopic (exact) mass is 256 g/mol. The maximum atomic E-state index is 9.98. The van der Waals surface area contributed by atoms with Crippen LogP contribution in [0.1, 0.15) is 32.1 Å². The van der Waals surface area contributed by atoms with Gasteiger partial charge < -0.3 is 20.1 Å².